The van der Waals surface area contributed by atoms with Gasteiger partial charge in [-0.3, -0.25) is 14.6 Å². The second-order valence-corrected chi connectivity index (χ2v) is 10.1. The van der Waals surface area contributed by atoms with E-state index in [9.17, 15) is 9.59 Å². The van der Waals surface area contributed by atoms with Crippen LogP contribution in [0.15, 0.2) is 36.4 Å². The van der Waals surface area contributed by atoms with Crippen LogP contribution in [0.5, 0.6) is 0 Å². The summed E-state index contributed by atoms with van der Waals surface area (Å²) < 4.78 is 0. The molecular formula is C28H35N3O2. The Morgan fingerprint density at radius 1 is 0.939 bits per heavy atom. The molecule has 5 rings (SSSR count). The Labute approximate surface area is 197 Å². The van der Waals surface area contributed by atoms with Crippen LogP contribution in [-0.2, 0) is 11.2 Å². The first-order valence-corrected chi connectivity index (χ1v) is 12.7. The number of likely N-dealkylation sites (tertiary alicyclic amines) is 1. The molecule has 0 radical (unpaired) electrons. The van der Waals surface area contributed by atoms with Gasteiger partial charge in [0.15, 0.2) is 0 Å². The van der Waals surface area contributed by atoms with Gasteiger partial charge in [0, 0.05) is 30.6 Å². The average molecular weight is 446 g/mol. The molecule has 33 heavy (non-hydrogen) atoms. The molecule has 1 aromatic heterocycles. The van der Waals surface area contributed by atoms with Gasteiger partial charge in [-0.05, 0) is 75.1 Å². The zero-order valence-corrected chi connectivity index (χ0v) is 19.7. The summed E-state index contributed by atoms with van der Waals surface area (Å²) >= 11 is 0. The molecule has 0 spiro atoms. The average Bonchev–Trinajstić information content (AvgIpc) is 3.39. The lowest BCUT2D eigenvalue weighted by atomic mass is 9.87. The van der Waals surface area contributed by atoms with Gasteiger partial charge in [0.25, 0.3) is 5.91 Å². The molecule has 1 atom stereocenters. The lowest BCUT2D eigenvalue weighted by Crippen LogP contribution is -2.41. The molecule has 5 nitrogen and oxygen atoms in total. The lowest BCUT2D eigenvalue weighted by molar-refractivity contribution is -0.136. The van der Waals surface area contributed by atoms with E-state index < -0.39 is 0 Å². The summed E-state index contributed by atoms with van der Waals surface area (Å²) in [5, 5.41) is 3.31. The maximum absolute atomic E-state index is 13.4. The van der Waals surface area contributed by atoms with Crippen molar-refractivity contribution >= 4 is 11.8 Å². The van der Waals surface area contributed by atoms with E-state index in [0.717, 1.165) is 69.4 Å². The predicted octanol–water partition coefficient (Wildman–Crippen LogP) is 5.09. The molecule has 0 bridgehead atoms. The fraction of sp³-hybridized carbons (Fsp3) is 0.536. The Hall–Kier alpha value is -2.69. The molecule has 1 unspecified atom stereocenters. The van der Waals surface area contributed by atoms with E-state index in [-0.39, 0.29) is 23.8 Å². The standard InChI is InChI=1S/C28H35N3O2/c1-19-13-14-24(27(32)30-25-12-6-10-20-7-4-5-11-23(20)25)26(29-19)21-15-17-31(18-16-21)28(33)22-8-2-3-9-22/h4-5,7,11,13-14,21-22,25H,2-3,6,8-10,12,15-18H2,1H3,(H,30,32). The number of carbonyl (C=O) groups is 2. The molecule has 1 aliphatic heterocycles. The smallest absolute Gasteiger partial charge is 0.253 e. The molecule has 2 aromatic rings. The van der Waals surface area contributed by atoms with Gasteiger partial charge < -0.3 is 10.2 Å². The molecule has 5 heteroatoms. The van der Waals surface area contributed by atoms with E-state index in [0.29, 0.717) is 11.5 Å². The van der Waals surface area contributed by atoms with Gasteiger partial charge in [0.2, 0.25) is 5.91 Å². The second kappa shape index (κ2) is 9.66. The third-order valence-electron chi connectivity index (χ3n) is 7.88. The largest absolute Gasteiger partial charge is 0.345 e. The van der Waals surface area contributed by atoms with E-state index >= 15 is 0 Å². The molecule has 3 aliphatic rings. The van der Waals surface area contributed by atoms with E-state index in [1.54, 1.807) is 0 Å². The fourth-order valence-corrected chi connectivity index (χ4v) is 6.02. The van der Waals surface area contributed by atoms with Crippen molar-refractivity contribution < 1.29 is 9.59 Å². The van der Waals surface area contributed by atoms with Crippen LogP contribution in [0, 0.1) is 12.8 Å². The molecule has 1 N–H and O–H groups in total. The second-order valence-electron chi connectivity index (χ2n) is 10.1. The summed E-state index contributed by atoms with van der Waals surface area (Å²) in [6.45, 7) is 3.53. The summed E-state index contributed by atoms with van der Waals surface area (Å²) in [4.78, 5) is 33.2. The maximum atomic E-state index is 13.4. The van der Waals surface area contributed by atoms with Crippen LogP contribution < -0.4 is 5.32 Å². The summed E-state index contributed by atoms with van der Waals surface area (Å²) in [6, 6.07) is 12.4. The number of rotatable bonds is 4. The first kappa shape index (κ1) is 22.1. The minimum Gasteiger partial charge on any atom is -0.345 e. The summed E-state index contributed by atoms with van der Waals surface area (Å²) in [7, 11) is 0. The highest BCUT2D eigenvalue weighted by molar-refractivity contribution is 5.95. The summed E-state index contributed by atoms with van der Waals surface area (Å²) in [6.07, 6.45) is 9.36. The predicted molar refractivity (Wildman–Crippen MR) is 129 cm³/mol. The van der Waals surface area contributed by atoms with Crippen molar-refractivity contribution in [3.8, 4) is 0 Å². The number of nitrogens with zero attached hydrogens (tertiary/aromatic N) is 2. The van der Waals surface area contributed by atoms with Crippen molar-refractivity contribution in [3.05, 3.63) is 64.5 Å². The van der Waals surface area contributed by atoms with Crippen molar-refractivity contribution in [2.24, 2.45) is 5.92 Å². The number of hydrogen-bond acceptors (Lipinski definition) is 3. The number of pyridine rings is 1. The van der Waals surface area contributed by atoms with Gasteiger partial charge in [0.05, 0.1) is 17.3 Å². The van der Waals surface area contributed by atoms with Crippen molar-refractivity contribution in [1.82, 2.24) is 15.2 Å². The highest BCUT2D eigenvalue weighted by atomic mass is 16.2. The van der Waals surface area contributed by atoms with Crippen LogP contribution >= 0.6 is 0 Å². The van der Waals surface area contributed by atoms with Crippen molar-refractivity contribution in [1.29, 1.82) is 0 Å². The zero-order valence-electron chi connectivity index (χ0n) is 19.7. The zero-order chi connectivity index (χ0) is 22.8. The number of amides is 2. The number of benzene rings is 1. The van der Waals surface area contributed by atoms with E-state index in [2.05, 4.69) is 34.5 Å². The Bertz CT molecular complexity index is 1020. The molecule has 2 amide bonds. The molecule has 2 fully saturated rings. The molecule has 1 saturated heterocycles. The van der Waals surface area contributed by atoms with Gasteiger partial charge >= 0.3 is 0 Å². The highest BCUT2D eigenvalue weighted by Gasteiger charge is 2.32. The van der Waals surface area contributed by atoms with Crippen LogP contribution in [0.4, 0.5) is 0 Å². The van der Waals surface area contributed by atoms with Gasteiger partial charge in [-0.15, -0.1) is 0 Å². The normalized spacial score (nSPS) is 21.6. The SMILES string of the molecule is Cc1ccc(C(=O)NC2CCCc3ccccc32)c(C2CCN(C(=O)C3CCCC3)CC2)n1. The number of aromatic nitrogens is 1. The van der Waals surface area contributed by atoms with E-state index in [1.165, 1.54) is 24.0 Å². The third-order valence-corrected chi connectivity index (χ3v) is 7.88. The molecular weight excluding hydrogens is 410 g/mol. The van der Waals surface area contributed by atoms with Crippen LogP contribution in [0.1, 0.15) is 96.2 Å². The Kier molecular flexibility index (Phi) is 6.48. The molecule has 1 aromatic carbocycles. The summed E-state index contributed by atoms with van der Waals surface area (Å²) in [5.74, 6) is 0.774. The van der Waals surface area contributed by atoms with Crippen LogP contribution in [-0.4, -0.2) is 34.8 Å². The quantitative estimate of drug-likeness (QED) is 0.713. The number of piperidine rings is 1. The highest BCUT2D eigenvalue weighted by Crippen LogP contribution is 2.34. The van der Waals surface area contributed by atoms with Crippen molar-refractivity contribution in [2.45, 2.75) is 76.7 Å². The molecule has 1 saturated carbocycles. The third kappa shape index (κ3) is 4.68. The number of hydrogen-bond donors (Lipinski definition) is 1. The van der Waals surface area contributed by atoms with Gasteiger partial charge in [0.1, 0.15) is 0 Å². The van der Waals surface area contributed by atoms with Crippen molar-refractivity contribution in [3.63, 3.8) is 0 Å². The van der Waals surface area contributed by atoms with Crippen LogP contribution in [0.2, 0.25) is 0 Å². The van der Waals surface area contributed by atoms with Crippen LogP contribution in [0.3, 0.4) is 0 Å². The van der Waals surface area contributed by atoms with Crippen LogP contribution in [0.25, 0.3) is 0 Å². The van der Waals surface area contributed by atoms with Gasteiger partial charge in [-0.25, -0.2) is 0 Å². The number of aryl methyl sites for hydroxylation is 2. The first-order valence-electron chi connectivity index (χ1n) is 12.7. The minimum absolute atomic E-state index is 0.0244. The number of carbonyl (C=O) groups excluding carboxylic acids is 2. The molecule has 2 aliphatic carbocycles. The number of fused-ring (bicyclic) bond motifs is 1. The monoisotopic (exact) mass is 445 g/mol. The van der Waals surface area contributed by atoms with E-state index in [1.807, 2.05) is 19.1 Å². The van der Waals surface area contributed by atoms with E-state index in [4.69, 9.17) is 4.98 Å². The lowest BCUT2D eigenvalue weighted by Gasteiger charge is -2.34. The van der Waals surface area contributed by atoms with Gasteiger partial charge in [-0.2, -0.15) is 0 Å². The minimum atomic E-state index is -0.0244. The maximum Gasteiger partial charge on any atom is 0.253 e. The Morgan fingerprint density at radius 3 is 2.48 bits per heavy atom. The fourth-order valence-electron chi connectivity index (χ4n) is 6.02. The Balaban J connectivity index is 1.30. The topological polar surface area (TPSA) is 62.3 Å². The molecule has 2 heterocycles. The Morgan fingerprint density at radius 2 is 1.70 bits per heavy atom. The summed E-state index contributed by atoms with van der Waals surface area (Å²) in [5.41, 5.74) is 5.14. The van der Waals surface area contributed by atoms with Crippen molar-refractivity contribution in [2.75, 3.05) is 13.1 Å². The first-order chi connectivity index (χ1) is 16.1. The van der Waals surface area contributed by atoms with Gasteiger partial charge in [-0.1, -0.05) is 37.1 Å². The number of nitrogens with one attached hydrogen (secondary N) is 1. The molecule has 174 valence electrons.